The van der Waals surface area contributed by atoms with Crippen LogP contribution in [-0.4, -0.2) is 16.1 Å². The highest BCUT2D eigenvalue weighted by atomic mass is 16.4. The minimum absolute atomic E-state index is 0.209. The van der Waals surface area contributed by atoms with Crippen molar-refractivity contribution in [1.29, 1.82) is 0 Å². The highest BCUT2D eigenvalue weighted by molar-refractivity contribution is 5.79. The van der Waals surface area contributed by atoms with Gasteiger partial charge in [0.15, 0.2) is 0 Å². The third kappa shape index (κ3) is 2.42. The Balaban J connectivity index is 2.48. The van der Waals surface area contributed by atoms with E-state index in [1.54, 1.807) is 13.0 Å². The molecule has 4 nitrogen and oxygen atoms in total. The van der Waals surface area contributed by atoms with Crippen LogP contribution in [0.1, 0.15) is 18.1 Å². The summed E-state index contributed by atoms with van der Waals surface area (Å²) in [5, 5.41) is 9.81. The van der Waals surface area contributed by atoms with Gasteiger partial charge in [-0.05, 0) is 36.9 Å². The van der Waals surface area contributed by atoms with E-state index in [4.69, 9.17) is 5.11 Å². The number of H-pyrrole nitrogens is 1. The van der Waals surface area contributed by atoms with E-state index in [9.17, 15) is 9.59 Å². The molecule has 2 aromatic rings. The molecule has 0 aliphatic rings. The topological polar surface area (TPSA) is 70.2 Å². The lowest BCUT2D eigenvalue weighted by Gasteiger charge is -2.07. The smallest absolute Gasteiger partial charge is 0.306 e. The number of hydrogen-bond acceptors (Lipinski definition) is 2. The van der Waals surface area contributed by atoms with Gasteiger partial charge in [-0.2, -0.15) is 0 Å². The number of carboxylic acid groups (broad SMARTS) is 1. The number of carbonyl (C=O) groups is 1. The third-order valence-corrected chi connectivity index (χ3v) is 3.02. The van der Waals surface area contributed by atoms with Gasteiger partial charge in [-0.25, -0.2) is 0 Å². The molecule has 1 unspecified atom stereocenters. The number of aromatic amines is 1. The van der Waals surface area contributed by atoms with E-state index in [1.807, 2.05) is 25.1 Å². The van der Waals surface area contributed by atoms with Gasteiger partial charge in [-0.15, -0.1) is 0 Å². The minimum Gasteiger partial charge on any atom is -0.481 e. The summed E-state index contributed by atoms with van der Waals surface area (Å²) in [6, 6.07) is 7.54. The SMILES string of the molecule is Cc1ccc2[nH]c(=O)c(CC(C)C(=O)O)cc2c1. The number of carboxylic acids is 1. The second kappa shape index (κ2) is 4.64. The molecule has 2 rings (SSSR count). The molecule has 0 saturated heterocycles. The minimum atomic E-state index is -0.890. The van der Waals surface area contributed by atoms with Crippen molar-refractivity contribution in [2.24, 2.45) is 5.92 Å². The molecular weight excluding hydrogens is 230 g/mol. The summed E-state index contributed by atoms with van der Waals surface area (Å²) in [5.74, 6) is -1.45. The van der Waals surface area contributed by atoms with E-state index in [0.717, 1.165) is 16.5 Å². The van der Waals surface area contributed by atoms with Crippen molar-refractivity contribution in [1.82, 2.24) is 4.98 Å². The summed E-state index contributed by atoms with van der Waals surface area (Å²) >= 11 is 0. The molecular formula is C14H15NO3. The Morgan fingerprint density at radius 3 is 2.78 bits per heavy atom. The predicted octanol–water partition coefficient (Wildman–Crippen LogP) is 2.10. The Morgan fingerprint density at radius 1 is 1.39 bits per heavy atom. The molecule has 1 heterocycles. The molecule has 0 aliphatic carbocycles. The van der Waals surface area contributed by atoms with Crippen molar-refractivity contribution in [2.45, 2.75) is 20.3 Å². The lowest BCUT2D eigenvalue weighted by Crippen LogP contribution is -2.19. The summed E-state index contributed by atoms with van der Waals surface area (Å²) in [6.07, 6.45) is 0.245. The van der Waals surface area contributed by atoms with Crippen LogP contribution in [0, 0.1) is 12.8 Å². The van der Waals surface area contributed by atoms with Crippen LogP contribution in [0.2, 0.25) is 0 Å². The number of fused-ring (bicyclic) bond motifs is 1. The largest absolute Gasteiger partial charge is 0.481 e. The van der Waals surface area contributed by atoms with Crippen LogP contribution in [0.15, 0.2) is 29.1 Å². The molecule has 0 radical (unpaired) electrons. The standard InChI is InChI=1S/C14H15NO3/c1-8-3-4-12-10(5-8)7-11(13(16)15-12)6-9(2)14(17)18/h3-5,7,9H,6H2,1-2H3,(H,15,16)(H,17,18). The molecule has 0 spiro atoms. The van der Waals surface area contributed by atoms with Crippen LogP contribution in [0.4, 0.5) is 0 Å². The fourth-order valence-electron chi connectivity index (χ4n) is 1.94. The van der Waals surface area contributed by atoms with Gasteiger partial charge in [0.2, 0.25) is 0 Å². The summed E-state index contributed by atoms with van der Waals surface area (Å²) in [4.78, 5) is 25.4. The van der Waals surface area contributed by atoms with Crippen LogP contribution < -0.4 is 5.56 Å². The molecule has 0 fully saturated rings. The van der Waals surface area contributed by atoms with Crippen LogP contribution in [-0.2, 0) is 11.2 Å². The van der Waals surface area contributed by atoms with Crippen LogP contribution in [0.25, 0.3) is 10.9 Å². The van der Waals surface area contributed by atoms with E-state index in [1.165, 1.54) is 0 Å². The molecule has 2 N–H and O–H groups in total. The van der Waals surface area contributed by atoms with Crippen molar-refractivity contribution in [2.75, 3.05) is 0 Å². The molecule has 1 atom stereocenters. The van der Waals surface area contributed by atoms with Gasteiger partial charge in [0.05, 0.1) is 5.92 Å². The first-order valence-corrected chi connectivity index (χ1v) is 5.83. The first-order chi connectivity index (χ1) is 8.47. The molecule has 0 bridgehead atoms. The molecule has 4 heteroatoms. The van der Waals surface area contributed by atoms with Crippen LogP contribution in [0.3, 0.4) is 0 Å². The summed E-state index contributed by atoms with van der Waals surface area (Å²) in [6.45, 7) is 3.58. The zero-order valence-corrected chi connectivity index (χ0v) is 10.4. The van der Waals surface area contributed by atoms with E-state index >= 15 is 0 Å². The number of rotatable bonds is 3. The number of pyridine rings is 1. The van der Waals surface area contributed by atoms with E-state index in [-0.39, 0.29) is 12.0 Å². The monoisotopic (exact) mass is 245 g/mol. The Labute approximate surface area is 104 Å². The van der Waals surface area contributed by atoms with Gasteiger partial charge in [0, 0.05) is 11.1 Å². The summed E-state index contributed by atoms with van der Waals surface area (Å²) in [5.41, 5.74) is 2.19. The van der Waals surface area contributed by atoms with E-state index in [0.29, 0.717) is 5.56 Å². The molecule has 18 heavy (non-hydrogen) atoms. The van der Waals surface area contributed by atoms with E-state index in [2.05, 4.69) is 4.98 Å². The molecule has 94 valence electrons. The van der Waals surface area contributed by atoms with Gasteiger partial charge < -0.3 is 10.1 Å². The average Bonchev–Trinajstić information content (AvgIpc) is 2.30. The normalized spacial score (nSPS) is 12.6. The quantitative estimate of drug-likeness (QED) is 0.870. The first kappa shape index (κ1) is 12.4. The molecule has 1 aromatic heterocycles. The summed E-state index contributed by atoms with van der Waals surface area (Å²) in [7, 11) is 0. The number of nitrogens with one attached hydrogen (secondary N) is 1. The summed E-state index contributed by atoms with van der Waals surface area (Å²) < 4.78 is 0. The number of aliphatic carboxylic acids is 1. The Kier molecular flexibility index (Phi) is 3.19. The zero-order valence-electron chi connectivity index (χ0n) is 10.4. The predicted molar refractivity (Wildman–Crippen MR) is 69.8 cm³/mol. The van der Waals surface area contributed by atoms with Crippen molar-refractivity contribution in [3.63, 3.8) is 0 Å². The van der Waals surface area contributed by atoms with Crippen LogP contribution >= 0.6 is 0 Å². The van der Waals surface area contributed by atoms with Gasteiger partial charge >= 0.3 is 5.97 Å². The van der Waals surface area contributed by atoms with Crippen LogP contribution in [0.5, 0.6) is 0 Å². The second-order valence-corrected chi connectivity index (χ2v) is 4.66. The van der Waals surface area contributed by atoms with Crippen molar-refractivity contribution >= 4 is 16.9 Å². The lowest BCUT2D eigenvalue weighted by molar-refractivity contribution is -0.141. The number of benzene rings is 1. The highest BCUT2D eigenvalue weighted by Gasteiger charge is 2.14. The average molecular weight is 245 g/mol. The Hall–Kier alpha value is -2.10. The number of aromatic nitrogens is 1. The van der Waals surface area contributed by atoms with E-state index < -0.39 is 11.9 Å². The Morgan fingerprint density at radius 2 is 2.11 bits per heavy atom. The number of hydrogen-bond donors (Lipinski definition) is 2. The van der Waals surface area contributed by atoms with Gasteiger partial charge in [-0.1, -0.05) is 18.6 Å². The molecule has 0 saturated carbocycles. The fourth-order valence-corrected chi connectivity index (χ4v) is 1.94. The molecule has 0 amide bonds. The van der Waals surface area contributed by atoms with Gasteiger partial charge in [0.1, 0.15) is 0 Å². The zero-order chi connectivity index (χ0) is 13.3. The van der Waals surface area contributed by atoms with Gasteiger partial charge in [-0.3, -0.25) is 9.59 Å². The maximum absolute atomic E-state index is 11.8. The third-order valence-electron chi connectivity index (χ3n) is 3.02. The first-order valence-electron chi connectivity index (χ1n) is 5.83. The fraction of sp³-hybridized carbons (Fsp3) is 0.286. The second-order valence-electron chi connectivity index (χ2n) is 4.66. The van der Waals surface area contributed by atoms with Crippen molar-refractivity contribution < 1.29 is 9.90 Å². The molecule has 0 aliphatic heterocycles. The Bertz CT molecular complexity index is 658. The van der Waals surface area contributed by atoms with Crippen molar-refractivity contribution in [3.8, 4) is 0 Å². The highest BCUT2D eigenvalue weighted by Crippen LogP contribution is 2.15. The number of aryl methyl sites for hydroxylation is 1. The van der Waals surface area contributed by atoms with Crippen molar-refractivity contribution in [3.05, 3.63) is 45.7 Å². The maximum atomic E-state index is 11.8. The molecule has 1 aromatic carbocycles. The maximum Gasteiger partial charge on any atom is 0.306 e. The van der Waals surface area contributed by atoms with Gasteiger partial charge in [0.25, 0.3) is 5.56 Å². The lowest BCUT2D eigenvalue weighted by atomic mass is 10.0.